The molecule has 0 bridgehead atoms. The number of aryl methyl sites for hydroxylation is 1. The van der Waals surface area contributed by atoms with E-state index in [9.17, 15) is 5.11 Å². The maximum Gasteiger partial charge on any atom is 0.145 e. The van der Waals surface area contributed by atoms with Gasteiger partial charge >= 0.3 is 0 Å². The number of piperidine rings is 1. The highest BCUT2D eigenvalue weighted by molar-refractivity contribution is 5.39. The molecule has 2 heterocycles. The molecular formula is C19H24N2O2. The minimum atomic E-state index is 0.299. The van der Waals surface area contributed by atoms with Crippen molar-refractivity contribution >= 4 is 0 Å². The number of aliphatic hydroxyl groups excluding tert-OH is 1. The first kappa shape index (κ1) is 16.0. The lowest BCUT2D eigenvalue weighted by Crippen LogP contribution is -2.36. The third-order valence-electron chi connectivity index (χ3n) is 4.37. The Labute approximate surface area is 137 Å². The minimum Gasteiger partial charge on any atom is -0.455 e. The summed E-state index contributed by atoms with van der Waals surface area (Å²) >= 11 is 0. The van der Waals surface area contributed by atoms with Crippen LogP contribution in [0.2, 0.25) is 0 Å². The van der Waals surface area contributed by atoms with Gasteiger partial charge in [0.25, 0.3) is 0 Å². The first-order valence-electron chi connectivity index (χ1n) is 8.25. The van der Waals surface area contributed by atoms with Crippen LogP contribution in [0.5, 0.6) is 11.5 Å². The number of aromatic nitrogens is 1. The van der Waals surface area contributed by atoms with Gasteiger partial charge in [-0.1, -0.05) is 12.1 Å². The molecule has 1 N–H and O–H groups in total. The Hall–Kier alpha value is -1.91. The second-order valence-corrected chi connectivity index (χ2v) is 6.32. The van der Waals surface area contributed by atoms with Crippen LogP contribution in [0.15, 0.2) is 42.7 Å². The number of pyridine rings is 1. The third-order valence-corrected chi connectivity index (χ3v) is 4.37. The SMILES string of the molecule is Cc1cc(CN2CCCC(CO)C2)ccc1Oc1cccnc1. The van der Waals surface area contributed by atoms with Crippen LogP contribution in [0, 0.1) is 12.8 Å². The molecule has 0 spiro atoms. The van der Waals surface area contributed by atoms with Gasteiger partial charge in [0.05, 0.1) is 6.20 Å². The summed E-state index contributed by atoms with van der Waals surface area (Å²) in [5.74, 6) is 2.05. The summed E-state index contributed by atoms with van der Waals surface area (Å²) in [5, 5.41) is 9.35. The molecule has 4 nitrogen and oxygen atoms in total. The summed E-state index contributed by atoms with van der Waals surface area (Å²) in [6.45, 7) is 5.41. The predicted molar refractivity (Wildman–Crippen MR) is 90.6 cm³/mol. The van der Waals surface area contributed by atoms with E-state index in [1.807, 2.05) is 18.2 Å². The number of nitrogens with zero attached hydrogens (tertiary/aromatic N) is 2. The fourth-order valence-corrected chi connectivity index (χ4v) is 3.16. The summed E-state index contributed by atoms with van der Waals surface area (Å²) in [4.78, 5) is 6.50. The van der Waals surface area contributed by atoms with Crippen molar-refractivity contribution in [3.63, 3.8) is 0 Å². The lowest BCUT2D eigenvalue weighted by molar-refractivity contribution is 0.116. The number of likely N-dealkylation sites (tertiary alicyclic amines) is 1. The van der Waals surface area contributed by atoms with Crippen molar-refractivity contribution in [2.24, 2.45) is 5.92 Å². The van der Waals surface area contributed by atoms with Gasteiger partial charge in [0.2, 0.25) is 0 Å². The van der Waals surface area contributed by atoms with Crippen LogP contribution >= 0.6 is 0 Å². The van der Waals surface area contributed by atoms with E-state index >= 15 is 0 Å². The Morgan fingerprint density at radius 2 is 2.26 bits per heavy atom. The molecule has 23 heavy (non-hydrogen) atoms. The summed E-state index contributed by atoms with van der Waals surface area (Å²) in [6, 6.07) is 10.1. The Bertz CT molecular complexity index is 631. The molecular weight excluding hydrogens is 288 g/mol. The van der Waals surface area contributed by atoms with Gasteiger partial charge in [-0.2, -0.15) is 0 Å². The van der Waals surface area contributed by atoms with Crippen LogP contribution in [0.1, 0.15) is 24.0 Å². The van der Waals surface area contributed by atoms with Gasteiger partial charge in [-0.25, -0.2) is 0 Å². The standard InChI is InChI=1S/C19H24N2O2/c1-15-10-16(12-21-9-3-4-17(13-21)14-22)6-7-19(15)23-18-5-2-8-20-11-18/h2,5-8,10-11,17,22H,3-4,9,12-14H2,1H3. The molecule has 0 radical (unpaired) electrons. The van der Waals surface area contributed by atoms with E-state index in [0.29, 0.717) is 12.5 Å². The largest absolute Gasteiger partial charge is 0.455 e. The maximum atomic E-state index is 9.35. The summed E-state index contributed by atoms with van der Waals surface area (Å²) in [6.07, 6.45) is 5.77. The van der Waals surface area contributed by atoms with Gasteiger partial charge in [-0.3, -0.25) is 9.88 Å². The molecule has 1 fully saturated rings. The van der Waals surface area contributed by atoms with Crippen molar-refractivity contribution < 1.29 is 9.84 Å². The van der Waals surface area contributed by atoms with Crippen LogP contribution in [-0.4, -0.2) is 34.7 Å². The molecule has 0 saturated carbocycles. The highest BCUT2D eigenvalue weighted by atomic mass is 16.5. The molecule has 1 atom stereocenters. The highest BCUT2D eigenvalue weighted by Gasteiger charge is 2.19. The molecule has 1 aromatic heterocycles. The van der Waals surface area contributed by atoms with E-state index in [-0.39, 0.29) is 0 Å². The van der Waals surface area contributed by atoms with Crippen LogP contribution in [0.3, 0.4) is 0 Å². The van der Waals surface area contributed by atoms with Crippen LogP contribution < -0.4 is 4.74 Å². The molecule has 1 aliphatic heterocycles. The first-order valence-corrected chi connectivity index (χ1v) is 8.25. The molecule has 2 aromatic rings. The topological polar surface area (TPSA) is 45.6 Å². The lowest BCUT2D eigenvalue weighted by Gasteiger charge is -2.31. The molecule has 1 unspecified atom stereocenters. The fourth-order valence-electron chi connectivity index (χ4n) is 3.16. The second kappa shape index (κ2) is 7.57. The lowest BCUT2D eigenvalue weighted by atomic mass is 9.98. The van der Waals surface area contributed by atoms with Gasteiger partial charge in [0, 0.05) is 25.9 Å². The number of hydrogen-bond donors (Lipinski definition) is 1. The van der Waals surface area contributed by atoms with Crippen molar-refractivity contribution in [1.82, 2.24) is 9.88 Å². The van der Waals surface area contributed by atoms with E-state index in [2.05, 4.69) is 28.9 Å². The zero-order valence-electron chi connectivity index (χ0n) is 13.6. The normalized spacial score (nSPS) is 18.8. The maximum absolute atomic E-state index is 9.35. The number of benzene rings is 1. The number of rotatable bonds is 5. The molecule has 0 aliphatic carbocycles. The van der Waals surface area contributed by atoms with Crippen LogP contribution in [-0.2, 0) is 6.54 Å². The molecule has 0 amide bonds. The van der Waals surface area contributed by atoms with Gasteiger partial charge in [-0.05, 0) is 61.6 Å². The van der Waals surface area contributed by atoms with E-state index in [4.69, 9.17) is 4.74 Å². The Balaban J connectivity index is 1.65. The van der Waals surface area contributed by atoms with Gasteiger partial charge < -0.3 is 9.84 Å². The van der Waals surface area contributed by atoms with E-state index in [1.165, 1.54) is 12.0 Å². The Kier molecular flexibility index (Phi) is 5.26. The van der Waals surface area contributed by atoms with Gasteiger partial charge in [-0.15, -0.1) is 0 Å². The predicted octanol–water partition coefficient (Wildman–Crippen LogP) is 3.39. The van der Waals surface area contributed by atoms with Crippen molar-refractivity contribution in [2.75, 3.05) is 19.7 Å². The summed E-state index contributed by atoms with van der Waals surface area (Å²) in [5.41, 5.74) is 2.42. The zero-order valence-corrected chi connectivity index (χ0v) is 13.6. The molecule has 1 aromatic carbocycles. The molecule has 1 aliphatic rings. The third kappa shape index (κ3) is 4.30. The molecule has 3 rings (SSSR count). The number of aliphatic hydroxyl groups is 1. The minimum absolute atomic E-state index is 0.299. The Morgan fingerprint density at radius 1 is 1.35 bits per heavy atom. The van der Waals surface area contributed by atoms with Crippen molar-refractivity contribution in [1.29, 1.82) is 0 Å². The van der Waals surface area contributed by atoms with E-state index < -0.39 is 0 Å². The molecule has 122 valence electrons. The second-order valence-electron chi connectivity index (χ2n) is 6.32. The average molecular weight is 312 g/mol. The van der Waals surface area contributed by atoms with E-state index in [1.54, 1.807) is 12.4 Å². The number of hydrogen-bond acceptors (Lipinski definition) is 4. The van der Waals surface area contributed by atoms with Crippen LogP contribution in [0.4, 0.5) is 0 Å². The molecule has 4 heteroatoms. The molecule has 1 saturated heterocycles. The smallest absolute Gasteiger partial charge is 0.145 e. The van der Waals surface area contributed by atoms with Crippen LogP contribution in [0.25, 0.3) is 0 Å². The summed E-state index contributed by atoms with van der Waals surface area (Å²) < 4.78 is 5.88. The quantitative estimate of drug-likeness (QED) is 0.919. The van der Waals surface area contributed by atoms with Crippen molar-refractivity contribution in [2.45, 2.75) is 26.3 Å². The average Bonchev–Trinajstić information content (AvgIpc) is 2.58. The van der Waals surface area contributed by atoms with Gasteiger partial charge in [0.1, 0.15) is 11.5 Å². The first-order chi connectivity index (χ1) is 11.2. The fraction of sp³-hybridized carbons (Fsp3) is 0.421. The van der Waals surface area contributed by atoms with Gasteiger partial charge in [0.15, 0.2) is 0 Å². The van der Waals surface area contributed by atoms with E-state index in [0.717, 1.165) is 43.1 Å². The number of ether oxygens (including phenoxy) is 1. The Morgan fingerprint density at radius 3 is 3.00 bits per heavy atom. The summed E-state index contributed by atoms with van der Waals surface area (Å²) in [7, 11) is 0. The van der Waals surface area contributed by atoms with Crippen molar-refractivity contribution in [3.05, 3.63) is 53.9 Å². The highest BCUT2D eigenvalue weighted by Crippen LogP contribution is 2.26. The monoisotopic (exact) mass is 312 g/mol. The van der Waals surface area contributed by atoms with Crippen molar-refractivity contribution in [3.8, 4) is 11.5 Å². The zero-order chi connectivity index (χ0) is 16.1.